The Hall–Kier alpha value is -2.59. The number of nitrogens with one attached hydrogen (secondary N) is 1. The molecule has 0 spiro atoms. The van der Waals surface area contributed by atoms with Crippen LogP contribution in [0.4, 0.5) is 10.1 Å². The molecule has 0 saturated carbocycles. The zero-order chi connectivity index (χ0) is 16.2. The minimum atomic E-state index is -0.531. The van der Waals surface area contributed by atoms with Crippen molar-refractivity contribution in [3.63, 3.8) is 0 Å². The lowest BCUT2D eigenvalue weighted by Gasteiger charge is -2.10. The van der Waals surface area contributed by atoms with Gasteiger partial charge >= 0.3 is 0 Å². The smallest absolute Gasteiger partial charge is 0.262 e. The Kier molecular flexibility index (Phi) is 4.44. The number of hydrogen-bond acceptors (Lipinski definition) is 2. The van der Waals surface area contributed by atoms with Gasteiger partial charge in [0.15, 0.2) is 6.61 Å². The summed E-state index contributed by atoms with van der Waals surface area (Å²) in [4.78, 5) is 11.9. The predicted molar refractivity (Wildman–Crippen MR) is 89.5 cm³/mol. The molecule has 3 aromatic carbocycles. The number of halogens is 2. The molecule has 3 aromatic rings. The Morgan fingerprint density at radius 2 is 1.87 bits per heavy atom. The molecule has 0 aliphatic heterocycles. The Balaban J connectivity index is 1.67. The average molecular weight is 330 g/mol. The van der Waals surface area contributed by atoms with Crippen LogP contribution >= 0.6 is 11.6 Å². The SMILES string of the molecule is O=C(COc1cccc2ccccc12)Nc1ccc(F)c(Cl)c1. The summed E-state index contributed by atoms with van der Waals surface area (Å²) in [5.41, 5.74) is 0.419. The van der Waals surface area contributed by atoms with E-state index in [0.29, 0.717) is 11.4 Å². The first-order valence-electron chi connectivity index (χ1n) is 6.99. The third kappa shape index (κ3) is 3.60. The molecule has 23 heavy (non-hydrogen) atoms. The van der Waals surface area contributed by atoms with Crippen molar-refractivity contribution in [1.82, 2.24) is 0 Å². The molecule has 0 aliphatic carbocycles. The van der Waals surface area contributed by atoms with Gasteiger partial charge in [-0.05, 0) is 29.7 Å². The Morgan fingerprint density at radius 3 is 2.70 bits per heavy atom. The Labute approximate surface area is 137 Å². The quantitative estimate of drug-likeness (QED) is 0.756. The fourth-order valence-electron chi connectivity index (χ4n) is 2.24. The zero-order valence-corrected chi connectivity index (χ0v) is 12.8. The van der Waals surface area contributed by atoms with E-state index < -0.39 is 5.82 Å². The van der Waals surface area contributed by atoms with Gasteiger partial charge in [0.25, 0.3) is 5.91 Å². The molecule has 0 fully saturated rings. The number of anilines is 1. The summed E-state index contributed by atoms with van der Waals surface area (Å²) in [6, 6.07) is 17.4. The number of fused-ring (bicyclic) bond motifs is 1. The van der Waals surface area contributed by atoms with Crippen LogP contribution in [0.1, 0.15) is 0 Å². The minimum Gasteiger partial charge on any atom is -0.483 e. The molecule has 3 rings (SSSR count). The van der Waals surface area contributed by atoms with Crippen molar-refractivity contribution in [3.05, 3.63) is 71.5 Å². The lowest BCUT2D eigenvalue weighted by molar-refractivity contribution is -0.118. The van der Waals surface area contributed by atoms with E-state index in [9.17, 15) is 9.18 Å². The molecule has 0 aliphatic rings. The highest BCUT2D eigenvalue weighted by Crippen LogP contribution is 2.25. The molecule has 5 heteroatoms. The van der Waals surface area contributed by atoms with Gasteiger partial charge < -0.3 is 10.1 Å². The lowest BCUT2D eigenvalue weighted by atomic mass is 10.1. The third-order valence-electron chi connectivity index (χ3n) is 3.31. The van der Waals surface area contributed by atoms with Gasteiger partial charge in [-0.2, -0.15) is 0 Å². The second kappa shape index (κ2) is 6.67. The number of carbonyl (C=O) groups excluding carboxylic acids is 1. The van der Waals surface area contributed by atoms with Gasteiger partial charge in [-0.1, -0.05) is 48.0 Å². The van der Waals surface area contributed by atoms with Gasteiger partial charge in [0, 0.05) is 11.1 Å². The summed E-state index contributed by atoms with van der Waals surface area (Å²) in [5.74, 6) is -0.243. The molecule has 0 atom stereocenters. The maximum absolute atomic E-state index is 13.1. The fraction of sp³-hybridized carbons (Fsp3) is 0.0556. The number of rotatable bonds is 4. The van der Waals surface area contributed by atoms with Crippen LogP contribution in [0, 0.1) is 5.82 Å². The van der Waals surface area contributed by atoms with E-state index in [1.54, 1.807) is 0 Å². The van der Waals surface area contributed by atoms with Gasteiger partial charge in [0.1, 0.15) is 11.6 Å². The van der Waals surface area contributed by atoms with Crippen LogP contribution in [0.25, 0.3) is 10.8 Å². The zero-order valence-electron chi connectivity index (χ0n) is 12.1. The summed E-state index contributed by atoms with van der Waals surface area (Å²) < 4.78 is 18.7. The number of carbonyl (C=O) groups is 1. The first kappa shape index (κ1) is 15.3. The Bertz CT molecular complexity index is 861. The van der Waals surface area contributed by atoms with Crippen LogP contribution in [0.5, 0.6) is 5.75 Å². The number of ether oxygens (including phenoxy) is 1. The molecule has 0 heterocycles. The highest BCUT2D eigenvalue weighted by atomic mass is 35.5. The molecule has 0 unspecified atom stereocenters. The van der Waals surface area contributed by atoms with Crippen molar-refractivity contribution >= 4 is 34.0 Å². The monoisotopic (exact) mass is 329 g/mol. The second-order valence-electron chi connectivity index (χ2n) is 4.94. The van der Waals surface area contributed by atoms with E-state index in [4.69, 9.17) is 16.3 Å². The molecule has 1 amide bonds. The first-order chi connectivity index (χ1) is 11.1. The van der Waals surface area contributed by atoms with Crippen molar-refractivity contribution in [2.24, 2.45) is 0 Å². The van der Waals surface area contributed by atoms with E-state index in [0.717, 1.165) is 10.8 Å². The second-order valence-corrected chi connectivity index (χ2v) is 5.35. The van der Waals surface area contributed by atoms with Gasteiger partial charge in [-0.3, -0.25) is 4.79 Å². The van der Waals surface area contributed by atoms with E-state index in [1.165, 1.54) is 18.2 Å². The van der Waals surface area contributed by atoms with Crippen LogP contribution in [0.3, 0.4) is 0 Å². The highest BCUT2D eigenvalue weighted by Gasteiger charge is 2.08. The third-order valence-corrected chi connectivity index (χ3v) is 3.60. The number of hydrogen-bond donors (Lipinski definition) is 1. The maximum atomic E-state index is 13.1. The van der Waals surface area contributed by atoms with Crippen LogP contribution < -0.4 is 10.1 Å². The number of amides is 1. The molecule has 0 bridgehead atoms. The van der Waals surface area contributed by atoms with E-state index >= 15 is 0 Å². The van der Waals surface area contributed by atoms with Crippen molar-refractivity contribution in [2.45, 2.75) is 0 Å². The van der Waals surface area contributed by atoms with Crippen LogP contribution in [-0.2, 0) is 4.79 Å². The molecular formula is C18H13ClFNO2. The Morgan fingerprint density at radius 1 is 1.09 bits per heavy atom. The average Bonchev–Trinajstić information content (AvgIpc) is 2.56. The van der Waals surface area contributed by atoms with Gasteiger partial charge in [-0.15, -0.1) is 0 Å². The number of benzene rings is 3. The topological polar surface area (TPSA) is 38.3 Å². The van der Waals surface area contributed by atoms with Gasteiger partial charge in [0.2, 0.25) is 0 Å². The largest absolute Gasteiger partial charge is 0.483 e. The molecule has 1 N–H and O–H groups in total. The van der Waals surface area contributed by atoms with Crippen LogP contribution in [0.15, 0.2) is 60.7 Å². The van der Waals surface area contributed by atoms with Gasteiger partial charge in [0.05, 0.1) is 5.02 Å². The summed E-state index contributed by atoms with van der Waals surface area (Å²) >= 11 is 5.68. The lowest BCUT2D eigenvalue weighted by Crippen LogP contribution is -2.20. The van der Waals surface area contributed by atoms with Gasteiger partial charge in [-0.25, -0.2) is 4.39 Å². The maximum Gasteiger partial charge on any atom is 0.262 e. The normalized spacial score (nSPS) is 10.5. The van der Waals surface area contributed by atoms with Crippen molar-refractivity contribution in [2.75, 3.05) is 11.9 Å². The van der Waals surface area contributed by atoms with E-state index in [-0.39, 0.29) is 17.5 Å². The van der Waals surface area contributed by atoms with E-state index in [1.807, 2.05) is 42.5 Å². The molecular weight excluding hydrogens is 317 g/mol. The minimum absolute atomic E-state index is 0.0437. The van der Waals surface area contributed by atoms with Crippen molar-refractivity contribution in [3.8, 4) is 5.75 Å². The van der Waals surface area contributed by atoms with Crippen molar-refractivity contribution < 1.29 is 13.9 Å². The molecule has 0 radical (unpaired) electrons. The molecule has 0 aromatic heterocycles. The summed E-state index contributed by atoms with van der Waals surface area (Å²) in [5, 5.41) is 4.54. The molecule has 116 valence electrons. The molecule has 0 saturated heterocycles. The summed E-state index contributed by atoms with van der Waals surface area (Å²) in [7, 11) is 0. The first-order valence-corrected chi connectivity index (χ1v) is 7.37. The van der Waals surface area contributed by atoms with Crippen LogP contribution in [-0.4, -0.2) is 12.5 Å². The summed E-state index contributed by atoms with van der Waals surface area (Å²) in [6.45, 7) is -0.150. The van der Waals surface area contributed by atoms with Crippen molar-refractivity contribution in [1.29, 1.82) is 0 Å². The fourth-order valence-corrected chi connectivity index (χ4v) is 2.42. The molecule has 3 nitrogen and oxygen atoms in total. The highest BCUT2D eigenvalue weighted by molar-refractivity contribution is 6.31. The van der Waals surface area contributed by atoms with Crippen LogP contribution in [0.2, 0.25) is 5.02 Å². The standard InChI is InChI=1S/C18H13ClFNO2/c19-15-10-13(8-9-16(15)20)21-18(22)11-23-17-7-3-5-12-4-1-2-6-14(12)17/h1-10H,11H2,(H,21,22). The summed E-state index contributed by atoms with van der Waals surface area (Å²) in [6.07, 6.45) is 0. The van der Waals surface area contributed by atoms with E-state index in [2.05, 4.69) is 5.32 Å². The predicted octanol–water partition coefficient (Wildman–Crippen LogP) is 4.65.